The lowest BCUT2D eigenvalue weighted by Crippen LogP contribution is -2.16. The molecule has 0 unspecified atom stereocenters. The molecule has 1 aromatic carbocycles. The van der Waals surface area contributed by atoms with Gasteiger partial charge in [-0.1, -0.05) is 38.7 Å². The summed E-state index contributed by atoms with van der Waals surface area (Å²) in [6.45, 7) is 2.16. The maximum atomic E-state index is 11.6. The highest BCUT2D eigenvalue weighted by molar-refractivity contribution is 5.86. The Morgan fingerprint density at radius 3 is 2.81 bits per heavy atom. The van der Waals surface area contributed by atoms with E-state index in [2.05, 4.69) is 17.5 Å². The number of nitrogens with zero attached hydrogens (tertiary/aromatic N) is 1. The fourth-order valence-electron chi connectivity index (χ4n) is 1.93. The van der Waals surface area contributed by atoms with E-state index < -0.39 is 0 Å². The van der Waals surface area contributed by atoms with E-state index in [0.717, 1.165) is 12.8 Å². The second kappa shape index (κ2) is 9.80. The van der Waals surface area contributed by atoms with Gasteiger partial charge in [0.2, 0.25) is 5.91 Å². The Morgan fingerprint density at radius 1 is 1.33 bits per heavy atom. The fraction of sp³-hybridized carbons (Fsp3) is 0.500. The van der Waals surface area contributed by atoms with Gasteiger partial charge >= 0.3 is 0 Å². The molecule has 1 rings (SSSR count). The van der Waals surface area contributed by atoms with Gasteiger partial charge in [-0.15, -0.1) is 0 Å². The molecule has 0 saturated carbocycles. The van der Waals surface area contributed by atoms with Crippen LogP contribution in [0.1, 0.15) is 51.0 Å². The molecule has 0 aliphatic carbocycles. The van der Waals surface area contributed by atoms with Crippen LogP contribution in [0.3, 0.4) is 0 Å². The quantitative estimate of drug-likeness (QED) is 0.417. The van der Waals surface area contributed by atoms with Crippen molar-refractivity contribution in [1.29, 1.82) is 0 Å². The van der Waals surface area contributed by atoms with Gasteiger partial charge in [-0.25, -0.2) is 5.43 Å². The maximum absolute atomic E-state index is 11.6. The zero-order valence-electron chi connectivity index (χ0n) is 12.8. The summed E-state index contributed by atoms with van der Waals surface area (Å²) >= 11 is 0. The summed E-state index contributed by atoms with van der Waals surface area (Å²) in [6.07, 6.45) is 7.42. The van der Waals surface area contributed by atoms with Crippen molar-refractivity contribution in [2.45, 2.75) is 45.4 Å². The van der Waals surface area contributed by atoms with Crippen LogP contribution in [-0.4, -0.2) is 24.3 Å². The molecule has 1 aromatic rings. The minimum absolute atomic E-state index is 0.0116. The zero-order valence-corrected chi connectivity index (χ0v) is 12.8. The highest BCUT2D eigenvalue weighted by Gasteiger charge is 2.05. The van der Waals surface area contributed by atoms with Crippen molar-refractivity contribution in [3.63, 3.8) is 0 Å². The number of hydrogen-bond acceptors (Lipinski definition) is 4. The molecular formula is C16H24N2O3. The Balaban J connectivity index is 2.35. The summed E-state index contributed by atoms with van der Waals surface area (Å²) in [6, 6.07) is 5.09. The Morgan fingerprint density at radius 2 is 2.10 bits per heavy atom. The molecule has 0 heterocycles. The van der Waals surface area contributed by atoms with Crippen molar-refractivity contribution in [2.24, 2.45) is 5.10 Å². The van der Waals surface area contributed by atoms with Gasteiger partial charge in [0, 0.05) is 12.0 Å². The summed E-state index contributed by atoms with van der Waals surface area (Å²) in [5.41, 5.74) is 2.96. The summed E-state index contributed by atoms with van der Waals surface area (Å²) in [4.78, 5) is 11.6. The molecule has 21 heavy (non-hydrogen) atoms. The highest BCUT2D eigenvalue weighted by Crippen LogP contribution is 2.27. The minimum Gasteiger partial charge on any atom is -0.504 e. The number of unbranched alkanes of at least 4 members (excludes halogenated alkanes) is 4. The lowest BCUT2D eigenvalue weighted by molar-refractivity contribution is -0.121. The average molecular weight is 292 g/mol. The van der Waals surface area contributed by atoms with Crippen molar-refractivity contribution in [3.8, 4) is 11.5 Å². The summed E-state index contributed by atoms with van der Waals surface area (Å²) in [7, 11) is 1.48. The fourth-order valence-corrected chi connectivity index (χ4v) is 1.93. The number of amides is 1. The van der Waals surface area contributed by atoms with Gasteiger partial charge in [-0.2, -0.15) is 5.10 Å². The molecule has 0 aromatic heterocycles. The van der Waals surface area contributed by atoms with Crippen LogP contribution < -0.4 is 10.2 Å². The number of para-hydroxylation sites is 1. The monoisotopic (exact) mass is 292 g/mol. The first-order chi connectivity index (χ1) is 10.2. The largest absolute Gasteiger partial charge is 0.504 e. The van der Waals surface area contributed by atoms with Gasteiger partial charge in [0.15, 0.2) is 11.5 Å². The lowest BCUT2D eigenvalue weighted by atomic mass is 10.1. The first-order valence-corrected chi connectivity index (χ1v) is 7.37. The van der Waals surface area contributed by atoms with Crippen molar-refractivity contribution >= 4 is 12.1 Å². The predicted octanol–water partition coefficient (Wildman–Crippen LogP) is 3.21. The second-order valence-corrected chi connectivity index (χ2v) is 4.86. The third kappa shape index (κ3) is 6.29. The third-order valence-electron chi connectivity index (χ3n) is 3.15. The molecule has 0 spiro atoms. The number of nitrogens with one attached hydrogen (secondary N) is 1. The van der Waals surface area contributed by atoms with Gasteiger partial charge in [-0.3, -0.25) is 4.79 Å². The van der Waals surface area contributed by atoms with Crippen LogP contribution in [0.2, 0.25) is 0 Å². The van der Waals surface area contributed by atoms with Gasteiger partial charge in [-0.05, 0) is 18.6 Å². The third-order valence-corrected chi connectivity index (χ3v) is 3.15. The van der Waals surface area contributed by atoms with E-state index in [4.69, 9.17) is 4.74 Å². The smallest absolute Gasteiger partial charge is 0.240 e. The highest BCUT2D eigenvalue weighted by atomic mass is 16.5. The lowest BCUT2D eigenvalue weighted by Gasteiger charge is -2.05. The van der Waals surface area contributed by atoms with Crippen LogP contribution >= 0.6 is 0 Å². The topological polar surface area (TPSA) is 70.9 Å². The standard InChI is InChI=1S/C16H24N2O3/c1-3-4-5-6-7-11-15(19)18-17-12-13-9-8-10-14(21-2)16(13)20/h8-10,12,20H,3-7,11H2,1-2H3,(H,18,19)/b17-12+. The molecule has 0 atom stereocenters. The van der Waals surface area contributed by atoms with Crippen LogP contribution in [0, 0.1) is 0 Å². The Hall–Kier alpha value is -2.04. The number of phenolic OH excluding ortho intramolecular Hbond substituents is 1. The van der Waals surface area contributed by atoms with Gasteiger partial charge < -0.3 is 9.84 Å². The first-order valence-electron chi connectivity index (χ1n) is 7.37. The van der Waals surface area contributed by atoms with Crippen molar-refractivity contribution < 1.29 is 14.6 Å². The van der Waals surface area contributed by atoms with E-state index in [-0.39, 0.29) is 11.7 Å². The van der Waals surface area contributed by atoms with Crippen molar-refractivity contribution in [3.05, 3.63) is 23.8 Å². The number of carbonyl (C=O) groups excluding carboxylic acids is 1. The van der Waals surface area contributed by atoms with Gasteiger partial charge in [0.1, 0.15) is 0 Å². The first kappa shape index (κ1) is 17.0. The van der Waals surface area contributed by atoms with E-state index >= 15 is 0 Å². The molecule has 5 nitrogen and oxygen atoms in total. The molecule has 0 fully saturated rings. The van der Waals surface area contributed by atoms with Gasteiger partial charge in [0.25, 0.3) is 0 Å². The molecule has 0 radical (unpaired) electrons. The van der Waals surface area contributed by atoms with Crippen LogP contribution in [0.25, 0.3) is 0 Å². The molecular weight excluding hydrogens is 268 g/mol. The molecule has 0 saturated heterocycles. The Kier molecular flexibility index (Phi) is 7.94. The molecule has 0 bridgehead atoms. The minimum atomic E-state index is -0.106. The number of benzene rings is 1. The number of hydrogen-bond donors (Lipinski definition) is 2. The number of aromatic hydroxyl groups is 1. The van der Waals surface area contributed by atoms with E-state index in [0.29, 0.717) is 17.7 Å². The van der Waals surface area contributed by atoms with E-state index in [1.54, 1.807) is 18.2 Å². The molecule has 0 aliphatic heterocycles. The van der Waals surface area contributed by atoms with Crippen LogP contribution in [0.4, 0.5) is 0 Å². The zero-order chi connectivity index (χ0) is 15.5. The normalized spacial score (nSPS) is 10.8. The average Bonchev–Trinajstić information content (AvgIpc) is 2.49. The van der Waals surface area contributed by atoms with E-state index in [1.165, 1.54) is 32.6 Å². The summed E-state index contributed by atoms with van der Waals surface area (Å²) in [5.74, 6) is 0.281. The van der Waals surface area contributed by atoms with Gasteiger partial charge in [0.05, 0.1) is 13.3 Å². The van der Waals surface area contributed by atoms with E-state index in [9.17, 15) is 9.90 Å². The molecule has 0 aliphatic rings. The SMILES string of the molecule is CCCCCCCC(=O)N/N=C/c1cccc(OC)c1O. The molecule has 2 N–H and O–H groups in total. The maximum Gasteiger partial charge on any atom is 0.240 e. The van der Waals surface area contributed by atoms with Crippen molar-refractivity contribution in [1.82, 2.24) is 5.43 Å². The number of hydrazone groups is 1. The van der Waals surface area contributed by atoms with Crippen LogP contribution in [-0.2, 0) is 4.79 Å². The van der Waals surface area contributed by atoms with Crippen LogP contribution in [0.15, 0.2) is 23.3 Å². The van der Waals surface area contributed by atoms with Crippen LogP contribution in [0.5, 0.6) is 11.5 Å². The number of rotatable bonds is 9. The van der Waals surface area contributed by atoms with Crippen molar-refractivity contribution in [2.75, 3.05) is 7.11 Å². The molecule has 116 valence electrons. The number of phenols is 1. The number of carbonyl (C=O) groups is 1. The molecule has 5 heteroatoms. The summed E-state index contributed by atoms with van der Waals surface area (Å²) in [5, 5.41) is 13.7. The Bertz CT molecular complexity index is 473. The molecule has 1 amide bonds. The van der Waals surface area contributed by atoms with E-state index in [1.807, 2.05) is 0 Å². The predicted molar refractivity (Wildman–Crippen MR) is 83.8 cm³/mol. The number of methoxy groups -OCH3 is 1. The second-order valence-electron chi connectivity index (χ2n) is 4.86. The number of ether oxygens (including phenoxy) is 1. The summed E-state index contributed by atoms with van der Waals surface area (Å²) < 4.78 is 5.00. The Labute approximate surface area is 126 Å².